The maximum Gasteiger partial charge on any atom is 0.254 e. The molecule has 1 N–H and O–H groups in total. The summed E-state index contributed by atoms with van der Waals surface area (Å²) in [5, 5.41) is 3.19. The molecule has 0 saturated carbocycles. The van der Waals surface area contributed by atoms with Crippen molar-refractivity contribution in [3.8, 4) is 0 Å². The summed E-state index contributed by atoms with van der Waals surface area (Å²) in [5.74, 6) is -2.21. The maximum absolute atomic E-state index is 13.5. The normalized spacial score (nSPS) is 12.0. The second-order valence-electron chi connectivity index (χ2n) is 4.37. The van der Waals surface area contributed by atoms with E-state index in [1.165, 1.54) is 0 Å². The van der Waals surface area contributed by atoms with E-state index in [9.17, 15) is 13.6 Å². The number of carbonyl (C=O) groups excluding carboxylic acids is 1. The van der Waals surface area contributed by atoms with Crippen LogP contribution in [0.15, 0.2) is 42.5 Å². The molecule has 2 rings (SSSR count). The van der Waals surface area contributed by atoms with E-state index in [0.29, 0.717) is 11.1 Å². The lowest BCUT2D eigenvalue weighted by atomic mass is 10.1. The van der Waals surface area contributed by atoms with Crippen LogP contribution in [-0.4, -0.2) is 5.91 Å². The van der Waals surface area contributed by atoms with E-state index in [-0.39, 0.29) is 11.6 Å². The number of hydrogen-bond acceptors (Lipinski definition) is 1. The highest BCUT2D eigenvalue weighted by Crippen LogP contribution is 2.18. The highest BCUT2D eigenvalue weighted by molar-refractivity contribution is 6.30. The van der Waals surface area contributed by atoms with E-state index in [0.717, 1.165) is 17.7 Å². The predicted molar refractivity (Wildman–Crippen MR) is 73.7 cm³/mol. The van der Waals surface area contributed by atoms with Gasteiger partial charge in [-0.1, -0.05) is 23.7 Å². The Bertz CT molecular complexity index is 646. The summed E-state index contributed by atoms with van der Waals surface area (Å²) in [4.78, 5) is 11.9. The molecular weight excluding hydrogens is 284 g/mol. The summed E-state index contributed by atoms with van der Waals surface area (Å²) in [6, 6.07) is 9.50. The Morgan fingerprint density at radius 1 is 1.20 bits per heavy atom. The third kappa shape index (κ3) is 3.33. The zero-order valence-electron chi connectivity index (χ0n) is 10.7. The number of halogens is 3. The Labute approximate surface area is 120 Å². The smallest absolute Gasteiger partial charge is 0.254 e. The van der Waals surface area contributed by atoms with Crippen molar-refractivity contribution in [2.75, 3.05) is 0 Å². The lowest BCUT2D eigenvalue weighted by Crippen LogP contribution is -2.27. The predicted octanol–water partition coefficient (Wildman–Crippen LogP) is 4.11. The van der Waals surface area contributed by atoms with Crippen molar-refractivity contribution < 1.29 is 13.6 Å². The molecule has 1 amide bonds. The van der Waals surface area contributed by atoms with E-state index < -0.39 is 17.5 Å². The Morgan fingerprint density at radius 2 is 1.95 bits per heavy atom. The number of carbonyl (C=O) groups is 1. The topological polar surface area (TPSA) is 29.1 Å². The van der Waals surface area contributed by atoms with Gasteiger partial charge < -0.3 is 5.32 Å². The van der Waals surface area contributed by atoms with Gasteiger partial charge in [0.25, 0.3) is 5.91 Å². The number of hydrogen-bond donors (Lipinski definition) is 1. The first-order valence-electron chi connectivity index (χ1n) is 5.99. The van der Waals surface area contributed by atoms with Crippen molar-refractivity contribution in [1.29, 1.82) is 0 Å². The van der Waals surface area contributed by atoms with Crippen molar-refractivity contribution in [2.45, 2.75) is 13.0 Å². The van der Waals surface area contributed by atoms with Crippen molar-refractivity contribution in [3.63, 3.8) is 0 Å². The van der Waals surface area contributed by atoms with Crippen LogP contribution in [0.4, 0.5) is 8.78 Å². The van der Waals surface area contributed by atoms with Crippen molar-refractivity contribution in [3.05, 3.63) is 70.2 Å². The standard InChI is InChI=1S/C15H12ClF2NO/c1-9(10-3-2-4-11(16)7-10)19-15(20)13-6-5-12(17)8-14(13)18/h2-9H,1H3,(H,19,20)/t9-/m1/s1. The molecule has 2 nitrogen and oxygen atoms in total. The van der Waals surface area contributed by atoms with E-state index in [4.69, 9.17) is 11.6 Å². The average molecular weight is 296 g/mol. The highest BCUT2D eigenvalue weighted by Gasteiger charge is 2.15. The van der Waals surface area contributed by atoms with Crippen LogP contribution in [0.5, 0.6) is 0 Å². The summed E-state index contributed by atoms with van der Waals surface area (Å²) >= 11 is 5.87. The van der Waals surface area contributed by atoms with Crippen LogP contribution < -0.4 is 5.32 Å². The Kier molecular flexibility index (Phi) is 4.35. The zero-order chi connectivity index (χ0) is 14.7. The quantitative estimate of drug-likeness (QED) is 0.907. The lowest BCUT2D eigenvalue weighted by Gasteiger charge is -2.15. The van der Waals surface area contributed by atoms with Gasteiger partial charge >= 0.3 is 0 Å². The summed E-state index contributed by atoms with van der Waals surface area (Å²) in [6.07, 6.45) is 0. The average Bonchev–Trinajstić information content (AvgIpc) is 2.38. The Balaban J connectivity index is 2.15. The van der Waals surface area contributed by atoms with E-state index in [2.05, 4.69) is 5.32 Å². The molecular formula is C15H12ClF2NO. The van der Waals surface area contributed by atoms with Gasteiger partial charge in [-0.25, -0.2) is 8.78 Å². The molecule has 0 saturated heterocycles. The van der Waals surface area contributed by atoms with Crippen LogP contribution >= 0.6 is 11.6 Å². The zero-order valence-corrected chi connectivity index (χ0v) is 11.4. The molecule has 5 heteroatoms. The van der Waals surface area contributed by atoms with Crippen molar-refractivity contribution >= 4 is 17.5 Å². The van der Waals surface area contributed by atoms with Crippen LogP contribution in [0, 0.1) is 11.6 Å². The van der Waals surface area contributed by atoms with Gasteiger partial charge in [0.2, 0.25) is 0 Å². The molecule has 0 unspecified atom stereocenters. The van der Waals surface area contributed by atoms with Crippen molar-refractivity contribution in [1.82, 2.24) is 5.32 Å². The Morgan fingerprint density at radius 3 is 2.60 bits per heavy atom. The van der Waals surface area contributed by atoms with Gasteiger partial charge in [-0.05, 0) is 36.8 Å². The fourth-order valence-electron chi connectivity index (χ4n) is 1.81. The molecule has 104 valence electrons. The minimum Gasteiger partial charge on any atom is -0.345 e. The third-order valence-corrected chi connectivity index (χ3v) is 3.11. The first kappa shape index (κ1) is 14.5. The number of rotatable bonds is 3. The molecule has 2 aromatic rings. The molecule has 0 fully saturated rings. The molecule has 0 aromatic heterocycles. The minimum absolute atomic E-state index is 0.194. The summed E-state index contributed by atoms with van der Waals surface area (Å²) in [7, 11) is 0. The second-order valence-corrected chi connectivity index (χ2v) is 4.81. The monoisotopic (exact) mass is 295 g/mol. The van der Waals surface area contributed by atoms with Crippen LogP contribution in [0.3, 0.4) is 0 Å². The van der Waals surface area contributed by atoms with Gasteiger partial charge in [-0.2, -0.15) is 0 Å². The summed E-state index contributed by atoms with van der Waals surface area (Å²) in [6.45, 7) is 1.75. The molecule has 0 aliphatic heterocycles. The van der Waals surface area contributed by atoms with E-state index >= 15 is 0 Å². The number of benzene rings is 2. The Hall–Kier alpha value is -1.94. The fraction of sp³-hybridized carbons (Fsp3) is 0.133. The van der Waals surface area contributed by atoms with E-state index in [1.54, 1.807) is 31.2 Å². The van der Waals surface area contributed by atoms with Crippen molar-refractivity contribution in [2.24, 2.45) is 0 Å². The SMILES string of the molecule is C[C@@H](NC(=O)c1ccc(F)cc1F)c1cccc(Cl)c1. The molecule has 0 heterocycles. The third-order valence-electron chi connectivity index (χ3n) is 2.87. The van der Waals surface area contributed by atoms with Gasteiger partial charge in [0.1, 0.15) is 11.6 Å². The summed E-state index contributed by atoms with van der Waals surface area (Å²) < 4.78 is 26.3. The minimum atomic E-state index is -0.888. The first-order valence-corrected chi connectivity index (χ1v) is 6.36. The molecule has 20 heavy (non-hydrogen) atoms. The first-order chi connectivity index (χ1) is 9.47. The van der Waals surface area contributed by atoms with Gasteiger partial charge in [0.05, 0.1) is 11.6 Å². The maximum atomic E-state index is 13.5. The molecule has 1 atom stereocenters. The van der Waals surface area contributed by atoms with Gasteiger partial charge in [0, 0.05) is 11.1 Å². The largest absolute Gasteiger partial charge is 0.345 e. The van der Waals surface area contributed by atoms with Gasteiger partial charge in [-0.15, -0.1) is 0 Å². The van der Waals surface area contributed by atoms with Crippen LogP contribution in [0.2, 0.25) is 5.02 Å². The molecule has 0 aliphatic carbocycles. The summed E-state index contributed by atoms with van der Waals surface area (Å²) in [5.41, 5.74) is 0.605. The van der Waals surface area contributed by atoms with Gasteiger partial charge in [0.15, 0.2) is 0 Å². The van der Waals surface area contributed by atoms with Gasteiger partial charge in [-0.3, -0.25) is 4.79 Å². The van der Waals surface area contributed by atoms with Crippen LogP contribution in [0.1, 0.15) is 28.9 Å². The molecule has 0 bridgehead atoms. The van der Waals surface area contributed by atoms with Crippen LogP contribution in [0.25, 0.3) is 0 Å². The highest BCUT2D eigenvalue weighted by atomic mass is 35.5. The van der Waals surface area contributed by atoms with E-state index in [1.807, 2.05) is 0 Å². The number of amides is 1. The fourth-order valence-corrected chi connectivity index (χ4v) is 2.01. The number of nitrogens with one attached hydrogen (secondary N) is 1. The molecule has 0 spiro atoms. The second kappa shape index (κ2) is 6.01. The molecule has 2 aromatic carbocycles. The molecule has 0 radical (unpaired) electrons. The molecule has 0 aliphatic rings. The van der Waals surface area contributed by atoms with Crippen LogP contribution in [-0.2, 0) is 0 Å². The lowest BCUT2D eigenvalue weighted by molar-refractivity contribution is 0.0935.